The highest BCUT2D eigenvalue weighted by Crippen LogP contribution is 2.31. The summed E-state index contributed by atoms with van der Waals surface area (Å²) in [5, 5.41) is 90.8. The fourth-order valence-electron chi connectivity index (χ4n) is 4.66. The van der Waals surface area contributed by atoms with E-state index >= 15 is 0 Å². The number of ether oxygens (including phenoxy) is 5. The second-order valence-electron chi connectivity index (χ2n) is 10.5. The Labute approximate surface area is 251 Å². The first-order chi connectivity index (χ1) is 20.8. The van der Waals surface area contributed by atoms with Crippen LogP contribution >= 0.6 is 0 Å². The van der Waals surface area contributed by atoms with Crippen molar-refractivity contribution >= 4 is 12.0 Å². The van der Waals surface area contributed by atoms with Crippen molar-refractivity contribution in [1.82, 2.24) is 0 Å². The molecule has 0 unspecified atom stereocenters. The van der Waals surface area contributed by atoms with E-state index in [0.29, 0.717) is 11.1 Å². The predicted octanol–water partition coefficient (Wildman–Crippen LogP) is -1.02. The van der Waals surface area contributed by atoms with Crippen LogP contribution in [0.4, 0.5) is 0 Å². The molecule has 2 aliphatic rings. The summed E-state index contributed by atoms with van der Waals surface area (Å²) in [6, 6.07) is 8.05. The van der Waals surface area contributed by atoms with Crippen LogP contribution in [-0.2, 0) is 34.9 Å². The summed E-state index contributed by atoms with van der Waals surface area (Å²) in [7, 11) is 0. The first-order valence-corrected chi connectivity index (χ1v) is 13.7. The van der Waals surface area contributed by atoms with Crippen molar-refractivity contribution in [2.75, 3.05) is 13.2 Å². The maximum Gasteiger partial charge on any atom is 0.330 e. The Morgan fingerprint density at radius 3 is 2.16 bits per heavy atom. The number of benzene rings is 2. The second-order valence-corrected chi connectivity index (χ2v) is 10.5. The van der Waals surface area contributed by atoms with Crippen LogP contribution in [0.25, 0.3) is 6.08 Å². The van der Waals surface area contributed by atoms with Crippen molar-refractivity contribution in [2.45, 2.75) is 74.8 Å². The molecule has 10 atom stereocenters. The van der Waals surface area contributed by atoms with Gasteiger partial charge in [-0.1, -0.05) is 12.1 Å². The number of carbonyl (C=O) groups excluding carboxylic acids is 1. The fourth-order valence-corrected chi connectivity index (χ4v) is 4.66. The van der Waals surface area contributed by atoms with Crippen molar-refractivity contribution in [3.8, 4) is 23.0 Å². The normalized spacial score (nSPS) is 32.5. The molecule has 0 bridgehead atoms. The van der Waals surface area contributed by atoms with Gasteiger partial charge >= 0.3 is 5.97 Å². The van der Waals surface area contributed by atoms with E-state index in [0.717, 1.165) is 6.08 Å². The predicted molar refractivity (Wildman–Crippen MR) is 147 cm³/mol. The summed E-state index contributed by atoms with van der Waals surface area (Å²) in [4.78, 5) is 12.4. The molecular formula is C29H36O15. The van der Waals surface area contributed by atoms with Crippen LogP contribution in [0.5, 0.6) is 23.0 Å². The van der Waals surface area contributed by atoms with Crippen LogP contribution in [-0.4, -0.2) is 127 Å². The van der Waals surface area contributed by atoms with E-state index in [4.69, 9.17) is 23.7 Å². The highest BCUT2D eigenvalue weighted by atomic mass is 16.7. The molecule has 0 aliphatic carbocycles. The quantitative estimate of drug-likeness (QED) is 0.0873. The Morgan fingerprint density at radius 2 is 1.48 bits per heavy atom. The molecule has 0 amide bonds. The third-order valence-electron chi connectivity index (χ3n) is 7.26. The van der Waals surface area contributed by atoms with Gasteiger partial charge in [-0.25, -0.2) is 4.79 Å². The molecule has 2 aromatic rings. The molecule has 15 nitrogen and oxygen atoms in total. The number of phenols is 4. The minimum atomic E-state index is -1.74. The molecular weight excluding hydrogens is 588 g/mol. The van der Waals surface area contributed by atoms with Crippen LogP contribution in [0.2, 0.25) is 0 Å². The Hall–Kier alpha value is -3.51. The lowest BCUT2D eigenvalue weighted by atomic mass is 9.97. The Balaban J connectivity index is 1.44. The first-order valence-electron chi connectivity index (χ1n) is 13.7. The molecule has 2 aliphatic heterocycles. The molecule has 2 heterocycles. The minimum absolute atomic E-state index is 0.0754. The third kappa shape index (κ3) is 7.95. The number of hydrogen-bond donors (Lipinski definition) is 9. The summed E-state index contributed by atoms with van der Waals surface area (Å²) in [6.07, 6.45) is -12.5. The molecule has 4 rings (SSSR count). The molecule has 15 heteroatoms. The Bertz CT molecular complexity index is 1300. The standard InChI is InChI=1S/C29H36O15/c1-13-22(35)24(37)25(38)29(42-13)44-27-23(36)20(12-41-21(34)7-4-14-2-5-16(30)18(32)10-14)43-28(26(27)39)40-9-8-15-3-6-17(31)19(33)11-15/h2-7,10-11,13,20,22-33,35-39H,8-9,12H2,1H3/t13-,20-,22+,23-,24-,25-,26-,27-,28+,29-/m1/s1. The van der Waals surface area contributed by atoms with E-state index in [-0.39, 0.29) is 36.0 Å². The van der Waals surface area contributed by atoms with Crippen molar-refractivity contribution in [1.29, 1.82) is 0 Å². The fraction of sp³-hybridized carbons (Fsp3) is 0.483. The van der Waals surface area contributed by atoms with Gasteiger partial charge in [-0.3, -0.25) is 0 Å². The molecule has 9 N–H and O–H groups in total. The van der Waals surface area contributed by atoms with Gasteiger partial charge in [0.1, 0.15) is 49.3 Å². The van der Waals surface area contributed by atoms with Crippen LogP contribution in [0, 0.1) is 0 Å². The zero-order valence-corrected chi connectivity index (χ0v) is 23.5. The van der Waals surface area contributed by atoms with Crippen molar-refractivity contribution in [3.05, 3.63) is 53.6 Å². The number of rotatable bonds is 10. The lowest BCUT2D eigenvalue weighted by molar-refractivity contribution is -0.357. The van der Waals surface area contributed by atoms with Crippen molar-refractivity contribution in [3.63, 3.8) is 0 Å². The second kappa shape index (κ2) is 14.5. The number of hydrogen-bond acceptors (Lipinski definition) is 15. The topological polar surface area (TPSA) is 245 Å². The van der Waals surface area contributed by atoms with E-state index in [1.807, 2.05) is 0 Å². The van der Waals surface area contributed by atoms with Gasteiger partial charge in [-0.15, -0.1) is 0 Å². The van der Waals surface area contributed by atoms with Gasteiger partial charge in [-0.05, 0) is 54.8 Å². The van der Waals surface area contributed by atoms with Crippen molar-refractivity contribution in [2.24, 2.45) is 0 Å². The SMILES string of the molecule is C[C@H]1O[C@H](O[C@H]2[C@@H](O)[C@@H](OCCc3ccc(O)c(O)c3)O[C@H](COC(=O)C=Cc3ccc(O)c(O)c3)[C@H]2O)[C@H](O)[C@H](O)[C@H]1O. The zero-order chi connectivity index (χ0) is 32.1. The van der Waals surface area contributed by atoms with Crippen LogP contribution in [0.15, 0.2) is 42.5 Å². The number of aliphatic hydroxyl groups excluding tert-OH is 5. The maximum atomic E-state index is 12.4. The lowest BCUT2D eigenvalue weighted by Gasteiger charge is -2.45. The summed E-state index contributed by atoms with van der Waals surface area (Å²) in [5.41, 5.74) is 0.962. The Morgan fingerprint density at radius 1 is 0.795 bits per heavy atom. The van der Waals surface area contributed by atoms with Gasteiger partial charge in [0, 0.05) is 6.08 Å². The molecule has 0 aromatic heterocycles. The Kier molecular flexibility index (Phi) is 11.0. The molecule has 0 spiro atoms. The zero-order valence-electron chi connectivity index (χ0n) is 23.5. The number of carbonyl (C=O) groups is 1. The van der Waals surface area contributed by atoms with Gasteiger partial charge in [0.2, 0.25) is 0 Å². The number of esters is 1. The minimum Gasteiger partial charge on any atom is -0.504 e. The average Bonchev–Trinajstić information content (AvgIpc) is 2.99. The monoisotopic (exact) mass is 624 g/mol. The number of aromatic hydroxyl groups is 4. The van der Waals surface area contributed by atoms with E-state index in [2.05, 4.69) is 0 Å². The number of aliphatic hydroxyl groups is 5. The van der Waals surface area contributed by atoms with Crippen molar-refractivity contribution < 1.29 is 74.4 Å². The molecule has 2 aromatic carbocycles. The summed E-state index contributed by atoms with van der Waals surface area (Å²) >= 11 is 0. The van der Waals surface area contributed by atoms with Gasteiger partial charge in [0.05, 0.1) is 12.7 Å². The molecule has 0 radical (unpaired) electrons. The van der Waals surface area contributed by atoms with Crippen LogP contribution < -0.4 is 0 Å². The van der Waals surface area contributed by atoms with Gasteiger partial charge < -0.3 is 69.6 Å². The first kappa shape index (κ1) is 33.4. The molecule has 0 saturated carbocycles. The van der Waals surface area contributed by atoms with Crippen LogP contribution in [0.1, 0.15) is 18.1 Å². The summed E-state index contributed by atoms with van der Waals surface area (Å²) in [6.45, 7) is 0.804. The van der Waals surface area contributed by atoms with Gasteiger partial charge in [0.25, 0.3) is 0 Å². The van der Waals surface area contributed by atoms with Gasteiger partial charge in [-0.2, -0.15) is 0 Å². The van der Waals surface area contributed by atoms with E-state index in [1.165, 1.54) is 43.3 Å². The average molecular weight is 625 g/mol. The molecule has 2 saturated heterocycles. The molecule has 44 heavy (non-hydrogen) atoms. The third-order valence-corrected chi connectivity index (χ3v) is 7.26. The smallest absolute Gasteiger partial charge is 0.330 e. The highest BCUT2D eigenvalue weighted by molar-refractivity contribution is 5.87. The summed E-state index contributed by atoms with van der Waals surface area (Å²) in [5.74, 6) is -2.23. The molecule has 2 fully saturated rings. The van der Waals surface area contributed by atoms with E-state index in [9.17, 15) is 50.8 Å². The largest absolute Gasteiger partial charge is 0.504 e. The van der Waals surface area contributed by atoms with Gasteiger partial charge in [0.15, 0.2) is 35.6 Å². The lowest BCUT2D eigenvalue weighted by Crippen LogP contribution is -2.64. The van der Waals surface area contributed by atoms with E-state index in [1.54, 1.807) is 6.07 Å². The van der Waals surface area contributed by atoms with E-state index < -0.39 is 74.0 Å². The summed E-state index contributed by atoms with van der Waals surface area (Å²) < 4.78 is 27.7. The highest BCUT2D eigenvalue weighted by Gasteiger charge is 2.50. The van der Waals surface area contributed by atoms with Crippen LogP contribution in [0.3, 0.4) is 0 Å². The maximum absolute atomic E-state index is 12.4. The number of phenolic OH excluding ortho intramolecular Hbond substituents is 4. The molecule has 242 valence electrons.